The van der Waals surface area contributed by atoms with Gasteiger partial charge in [-0.1, -0.05) is 24.9 Å². The lowest BCUT2D eigenvalue weighted by Gasteiger charge is -1.88. The molecule has 44 valence electrons. The van der Waals surface area contributed by atoms with Crippen LogP contribution in [0.5, 0.6) is 0 Å². The molecule has 0 rings (SSSR count). The quantitative estimate of drug-likeness (QED) is 0.588. The zero-order chi connectivity index (χ0) is 6.57. The first-order valence-corrected chi connectivity index (χ1v) is 2.76. The van der Waals surface area contributed by atoms with Crippen molar-refractivity contribution >= 4 is 17.7 Å². The summed E-state index contributed by atoms with van der Waals surface area (Å²) < 4.78 is 0. The van der Waals surface area contributed by atoms with E-state index in [-0.39, 0.29) is 4.91 Å². The van der Waals surface area contributed by atoms with Gasteiger partial charge in [0.2, 0.25) is 0 Å². The maximum atomic E-state index is 9.92. The number of rotatable bonds is 3. The third kappa shape index (κ3) is 2.47. The molecule has 0 fully saturated rings. The third-order valence-electron chi connectivity index (χ3n) is 0.464. The molecule has 0 unspecified atom stereocenters. The average molecular weight is 130 g/mol. The number of hydrogen-bond acceptors (Lipinski definition) is 2. The summed E-state index contributed by atoms with van der Waals surface area (Å²) in [6, 6.07) is 0. The minimum atomic E-state index is -0.991. The molecule has 0 atom stereocenters. The van der Waals surface area contributed by atoms with Gasteiger partial charge in [-0.25, -0.2) is 4.79 Å². The van der Waals surface area contributed by atoms with E-state index in [0.717, 1.165) is 11.8 Å². The van der Waals surface area contributed by atoms with Crippen LogP contribution in [0.4, 0.5) is 0 Å². The minimum Gasteiger partial charge on any atom is -0.477 e. The van der Waals surface area contributed by atoms with Crippen molar-refractivity contribution in [1.29, 1.82) is 0 Å². The Kier molecular flexibility index (Phi) is 3.03. The summed E-state index contributed by atoms with van der Waals surface area (Å²) in [7, 11) is 0. The van der Waals surface area contributed by atoms with E-state index in [1.807, 2.05) is 0 Å². The first kappa shape index (κ1) is 7.30. The van der Waals surface area contributed by atoms with Gasteiger partial charge < -0.3 is 5.11 Å². The van der Waals surface area contributed by atoms with Crippen LogP contribution in [0.2, 0.25) is 0 Å². The number of carboxylic acids is 1. The van der Waals surface area contributed by atoms with Gasteiger partial charge in [0, 0.05) is 0 Å². The molecule has 0 aliphatic rings. The molecule has 0 saturated heterocycles. The smallest absolute Gasteiger partial charge is 0.341 e. The first-order chi connectivity index (χ1) is 3.68. The van der Waals surface area contributed by atoms with Crippen LogP contribution in [0, 0.1) is 0 Å². The summed E-state index contributed by atoms with van der Waals surface area (Å²) in [5.74, 6) is -0.991. The van der Waals surface area contributed by atoms with Crippen molar-refractivity contribution in [2.45, 2.75) is 0 Å². The van der Waals surface area contributed by atoms with Crippen molar-refractivity contribution in [3.63, 3.8) is 0 Å². The fraction of sp³-hybridized carbons (Fsp3) is 0. The van der Waals surface area contributed by atoms with E-state index in [1.54, 1.807) is 0 Å². The SMILES string of the molecule is C=CSC(=C)C(=O)O. The number of carbonyl (C=O) groups is 1. The second-order valence-corrected chi connectivity index (χ2v) is 2.07. The standard InChI is InChI=1S/C5H6O2S/c1-3-8-4(2)5(6)7/h3H,1-2H2,(H,6,7). The van der Waals surface area contributed by atoms with Crippen molar-refractivity contribution in [2.24, 2.45) is 0 Å². The predicted molar refractivity (Wildman–Crippen MR) is 34.6 cm³/mol. The molecule has 0 aliphatic carbocycles. The molecular weight excluding hydrogens is 124 g/mol. The number of aliphatic carboxylic acids is 1. The van der Waals surface area contributed by atoms with Gasteiger partial charge in [-0.2, -0.15) is 0 Å². The van der Waals surface area contributed by atoms with Gasteiger partial charge in [0.1, 0.15) is 0 Å². The van der Waals surface area contributed by atoms with Gasteiger partial charge in [0.15, 0.2) is 0 Å². The maximum absolute atomic E-state index is 9.92. The van der Waals surface area contributed by atoms with Crippen molar-refractivity contribution in [3.05, 3.63) is 23.5 Å². The predicted octanol–water partition coefficient (Wildman–Crippen LogP) is 1.46. The van der Waals surface area contributed by atoms with Gasteiger partial charge >= 0.3 is 5.97 Å². The molecule has 0 aromatic rings. The molecule has 0 spiro atoms. The summed E-state index contributed by atoms with van der Waals surface area (Å²) in [6.45, 7) is 6.56. The molecule has 0 aromatic carbocycles. The molecule has 3 heteroatoms. The van der Waals surface area contributed by atoms with Gasteiger partial charge in [-0.15, -0.1) is 0 Å². The number of thioether (sulfide) groups is 1. The van der Waals surface area contributed by atoms with Crippen LogP contribution in [0.1, 0.15) is 0 Å². The number of carboxylic acid groups (broad SMARTS) is 1. The molecule has 0 radical (unpaired) electrons. The van der Waals surface area contributed by atoms with Gasteiger partial charge in [-0.05, 0) is 5.41 Å². The third-order valence-corrected chi connectivity index (χ3v) is 1.09. The van der Waals surface area contributed by atoms with Crippen LogP contribution < -0.4 is 0 Å². The van der Waals surface area contributed by atoms with Gasteiger partial charge in [0.25, 0.3) is 0 Å². The van der Waals surface area contributed by atoms with Crippen molar-refractivity contribution in [3.8, 4) is 0 Å². The van der Waals surface area contributed by atoms with E-state index in [1.165, 1.54) is 5.41 Å². The largest absolute Gasteiger partial charge is 0.477 e. The van der Waals surface area contributed by atoms with Crippen LogP contribution in [-0.4, -0.2) is 11.1 Å². The molecule has 2 nitrogen and oxygen atoms in total. The van der Waals surface area contributed by atoms with Crippen molar-refractivity contribution < 1.29 is 9.90 Å². The Morgan fingerprint density at radius 3 is 2.38 bits per heavy atom. The normalized spacial score (nSPS) is 8.00. The lowest BCUT2D eigenvalue weighted by molar-refractivity contribution is -0.131. The van der Waals surface area contributed by atoms with E-state index >= 15 is 0 Å². The second-order valence-electron chi connectivity index (χ2n) is 1.01. The highest BCUT2D eigenvalue weighted by Crippen LogP contribution is 2.12. The minimum absolute atomic E-state index is 0.0972. The highest BCUT2D eigenvalue weighted by atomic mass is 32.2. The Labute approximate surface area is 51.9 Å². The number of hydrogen-bond donors (Lipinski definition) is 1. The lowest BCUT2D eigenvalue weighted by Crippen LogP contribution is -1.92. The Balaban J connectivity index is 3.65. The zero-order valence-corrected chi connectivity index (χ0v) is 5.07. The molecule has 0 bridgehead atoms. The van der Waals surface area contributed by atoms with Crippen molar-refractivity contribution in [1.82, 2.24) is 0 Å². The fourth-order valence-electron chi connectivity index (χ4n) is 0.151. The fourth-order valence-corrected chi connectivity index (χ4v) is 0.453. The molecule has 0 saturated carbocycles. The average Bonchev–Trinajstić information content (AvgIpc) is 1.67. The zero-order valence-electron chi connectivity index (χ0n) is 4.26. The van der Waals surface area contributed by atoms with Gasteiger partial charge in [0.05, 0.1) is 4.91 Å². The second kappa shape index (κ2) is 3.32. The van der Waals surface area contributed by atoms with Crippen LogP contribution in [-0.2, 0) is 4.79 Å². The molecule has 1 N–H and O–H groups in total. The Bertz CT molecular complexity index is 128. The van der Waals surface area contributed by atoms with E-state index in [0.29, 0.717) is 0 Å². The molecule has 8 heavy (non-hydrogen) atoms. The monoisotopic (exact) mass is 130 g/mol. The Morgan fingerprint density at radius 2 is 2.25 bits per heavy atom. The molecule has 0 amide bonds. The summed E-state index contributed by atoms with van der Waals surface area (Å²) in [6.07, 6.45) is 0. The Hall–Kier alpha value is -0.700. The summed E-state index contributed by atoms with van der Waals surface area (Å²) in [5, 5.41) is 9.57. The topological polar surface area (TPSA) is 37.3 Å². The van der Waals surface area contributed by atoms with Gasteiger partial charge in [-0.3, -0.25) is 0 Å². The van der Waals surface area contributed by atoms with Crippen LogP contribution in [0.15, 0.2) is 23.5 Å². The summed E-state index contributed by atoms with van der Waals surface area (Å²) in [5.41, 5.74) is 0. The highest BCUT2D eigenvalue weighted by Gasteiger charge is 1.99. The van der Waals surface area contributed by atoms with E-state index in [4.69, 9.17) is 5.11 Å². The van der Waals surface area contributed by atoms with E-state index in [9.17, 15) is 4.79 Å². The summed E-state index contributed by atoms with van der Waals surface area (Å²) >= 11 is 1.01. The summed E-state index contributed by atoms with van der Waals surface area (Å²) in [4.78, 5) is 10.0. The molecule has 0 heterocycles. The van der Waals surface area contributed by atoms with Crippen LogP contribution in [0.3, 0.4) is 0 Å². The maximum Gasteiger partial charge on any atom is 0.341 e. The highest BCUT2D eigenvalue weighted by molar-refractivity contribution is 8.06. The van der Waals surface area contributed by atoms with E-state index in [2.05, 4.69) is 13.2 Å². The van der Waals surface area contributed by atoms with Crippen LogP contribution in [0.25, 0.3) is 0 Å². The molecular formula is C5H6O2S. The van der Waals surface area contributed by atoms with Crippen molar-refractivity contribution in [2.75, 3.05) is 0 Å². The van der Waals surface area contributed by atoms with Crippen LogP contribution >= 0.6 is 11.8 Å². The lowest BCUT2D eigenvalue weighted by atomic mass is 10.7. The molecule has 0 aromatic heterocycles. The van der Waals surface area contributed by atoms with E-state index < -0.39 is 5.97 Å². The first-order valence-electron chi connectivity index (χ1n) is 1.88. The Morgan fingerprint density at radius 1 is 1.75 bits per heavy atom. The molecule has 0 aliphatic heterocycles.